The fraction of sp³-hybridized carbons (Fsp3) is 0.304. The molecule has 0 N–H and O–H groups in total. The number of carbonyl (C=O) groups excluding carboxylic acids is 2. The lowest BCUT2D eigenvalue weighted by atomic mass is 9.82. The monoisotopic (exact) mass is 406 g/mol. The zero-order chi connectivity index (χ0) is 21.3. The molecule has 2 aromatic carbocycles. The molecule has 4 rings (SSSR count). The van der Waals surface area contributed by atoms with E-state index in [9.17, 15) is 19.7 Å². The molecule has 0 bridgehead atoms. The highest BCUT2D eigenvalue weighted by atomic mass is 16.6. The second-order valence-corrected chi connectivity index (χ2v) is 7.90. The molecule has 30 heavy (non-hydrogen) atoms. The molecule has 1 saturated heterocycles. The molecular weight excluding hydrogens is 384 g/mol. The average molecular weight is 406 g/mol. The summed E-state index contributed by atoms with van der Waals surface area (Å²) in [5.41, 5.74) is 1.69. The number of nitrogens with zero attached hydrogens (tertiary/aromatic N) is 2. The second-order valence-electron chi connectivity index (χ2n) is 7.90. The molecule has 7 nitrogen and oxygen atoms in total. The lowest BCUT2D eigenvalue weighted by molar-refractivity contribution is -0.384. The Labute approximate surface area is 174 Å². The molecule has 2 heterocycles. The molecule has 154 valence electrons. The lowest BCUT2D eigenvalue weighted by Crippen LogP contribution is -2.52. The number of piperidine rings is 1. The van der Waals surface area contributed by atoms with Gasteiger partial charge < -0.3 is 9.64 Å². The number of hydrogen-bond donors (Lipinski definition) is 0. The summed E-state index contributed by atoms with van der Waals surface area (Å²) in [4.78, 5) is 37.3. The van der Waals surface area contributed by atoms with Crippen molar-refractivity contribution in [2.45, 2.75) is 31.8 Å². The van der Waals surface area contributed by atoms with Crippen molar-refractivity contribution in [2.24, 2.45) is 0 Å². The summed E-state index contributed by atoms with van der Waals surface area (Å²) in [6.45, 7) is 2.93. The van der Waals surface area contributed by atoms with Crippen LogP contribution in [0.2, 0.25) is 0 Å². The Bertz CT molecular complexity index is 1050. The van der Waals surface area contributed by atoms with Crippen LogP contribution < -0.4 is 4.74 Å². The first-order chi connectivity index (χ1) is 14.3. The fourth-order valence-electron chi connectivity index (χ4n) is 4.04. The smallest absolute Gasteiger partial charge is 0.270 e. The van der Waals surface area contributed by atoms with Gasteiger partial charge in [0.15, 0.2) is 5.78 Å². The predicted molar refractivity (Wildman–Crippen MR) is 111 cm³/mol. The highest BCUT2D eigenvalue weighted by Crippen LogP contribution is 2.39. The van der Waals surface area contributed by atoms with E-state index < -0.39 is 10.5 Å². The number of fused-ring (bicyclic) bond motifs is 1. The van der Waals surface area contributed by atoms with Crippen molar-refractivity contribution in [2.75, 3.05) is 13.1 Å². The highest BCUT2D eigenvalue weighted by Gasteiger charge is 2.43. The SMILES string of the molecule is Cc1ccc2c(c1)C(=O)CC1(CCN(C(=O)/C=C/c3cccc([N+](=O)[O-])c3)CC1)O2. The number of benzene rings is 2. The quantitative estimate of drug-likeness (QED) is 0.437. The Balaban J connectivity index is 1.40. The van der Waals surface area contributed by atoms with E-state index in [4.69, 9.17) is 4.74 Å². The molecule has 1 amide bonds. The van der Waals surface area contributed by atoms with E-state index in [1.165, 1.54) is 18.2 Å². The topological polar surface area (TPSA) is 89.8 Å². The van der Waals surface area contributed by atoms with Crippen molar-refractivity contribution in [3.8, 4) is 5.75 Å². The summed E-state index contributed by atoms with van der Waals surface area (Å²) in [5, 5.41) is 10.9. The molecular formula is C23H22N2O5. The van der Waals surface area contributed by atoms with E-state index in [1.54, 1.807) is 23.1 Å². The number of aryl methyl sites for hydroxylation is 1. The van der Waals surface area contributed by atoms with Crippen LogP contribution in [0, 0.1) is 17.0 Å². The molecule has 0 aliphatic carbocycles. The number of ketones is 1. The summed E-state index contributed by atoms with van der Waals surface area (Å²) >= 11 is 0. The van der Waals surface area contributed by atoms with E-state index in [-0.39, 0.29) is 17.4 Å². The second kappa shape index (κ2) is 7.74. The van der Waals surface area contributed by atoms with Crippen LogP contribution in [0.5, 0.6) is 5.75 Å². The number of amides is 1. The van der Waals surface area contributed by atoms with Gasteiger partial charge in [0.2, 0.25) is 5.91 Å². The van der Waals surface area contributed by atoms with Gasteiger partial charge >= 0.3 is 0 Å². The maximum Gasteiger partial charge on any atom is 0.270 e. The van der Waals surface area contributed by atoms with Gasteiger partial charge in [-0.3, -0.25) is 19.7 Å². The van der Waals surface area contributed by atoms with Crippen LogP contribution in [0.4, 0.5) is 5.69 Å². The zero-order valence-corrected chi connectivity index (χ0v) is 16.7. The maximum atomic E-state index is 12.6. The number of hydrogen-bond acceptors (Lipinski definition) is 5. The molecule has 0 radical (unpaired) electrons. The van der Waals surface area contributed by atoms with E-state index in [1.807, 2.05) is 25.1 Å². The van der Waals surface area contributed by atoms with Gasteiger partial charge in [0.1, 0.15) is 11.4 Å². The summed E-state index contributed by atoms with van der Waals surface area (Å²) in [7, 11) is 0. The van der Waals surface area contributed by atoms with Crippen molar-refractivity contribution in [1.82, 2.24) is 4.90 Å². The number of carbonyl (C=O) groups is 2. The number of ether oxygens (including phenoxy) is 1. The number of likely N-dealkylation sites (tertiary alicyclic amines) is 1. The third-order valence-electron chi connectivity index (χ3n) is 5.73. The van der Waals surface area contributed by atoms with Crippen molar-refractivity contribution < 1.29 is 19.2 Å². The zero-order valence-electron chi connectivity index (χ0n) is 16.7. The van der Waals surface area contributed by atoms with Gasteiger partial charge in [0.05, 0.1) is 16.9 Å². The molecule has 0 saturated carbocycles. The third kappa shape index (κ3) is 3.96. The lowest BCUT2D eigenvalue weighted by Gasteiger charge is -2.43. The molecule has 0 atom stereocenters. The Morgan fingerprint density at radius 2 is 1.97 bits per heavy atom. The van der Waals surface area contributed by atoms with Crippen molar-refractivity contribution >= 4 is 23.5 Å². The van der Waals surface area contributed by atoms with E-state index >= 15 is 0 Å². The van der Waals surface area contributed by atoms with Crippen LogP contribution in [0.15, 0.2) is 48.5 Å². The highest BCUT2D eigenvalue weighted by molar-refractivity contribution is 6.00. The molecule has 0 unspecified atom stereocenters. The van der Waals surface area contributed by atoms with Crippen molar-refractivity contribution in [3.05, 3.63) is 75.3 Å². The average Bonchev–Trinajstić information content (AvgIpc) is 2.73. The van der Waals surface area contributed by atoms with Gasteiger partial charge in [-0.25, -0.2) is 0 Å². The van der Waals surface area contributed by atoms with Gasteiger partial charge in [-0.05, 0) is 30.7 Å². The fourth-order valence-corrected chi connectivity index (χ4v) is 4.04. The van der Waals surface area contributed by atoms with Crippen LogP contribution in [-0.4, -0.2) is 40.2 Å². The number of nitro benzene ring substituents is 1. The number of Topliss-reactive ketones (excluding diaryl/α,β-unsaturated/α-hetero) is 1. The summed E-state index contributed by atoms with van der Waals surface area (Å²) in [5.74, 6) is 0.557. The number of rotatable bonds is 3. The van der Waals surface area contributed by atoms with Crippen molar-refractivity contribution in [3.63, 3.8) is 0 Å². The van der Waals surface area contributed by atoms with Gasteiger partial charge in [0, 0.05) is 44.1 Å². The standard InChI is InChI=1S/C23H22N2O5/c1-16-5-7-21-19(13-16)20(26)15-23(30-21)9-11-24(12-10-23)22(27)8-6-17-3-2-4-18(14-17)25(28)29/h2-8,13-14H,9-12,15H2,1H3/b8-6+. The molecule has 7 heteroatoms. The predicted octanol–water partition coefficient (Wildman–Crippen LogP) is 3.94. The minimum atomic E-state index is -0.556. The number of nitro groups is 1. The number of non-ortho nitro benzene ring substituents is 1. The molecule has 1 fully saturated rings. The Hall–Kier alpha value is -3.48. The van der Waals surface area contributed by atoms with Crippen LogP contribution in [0.3, 0.4) is 0 Å². The minimum Gasteiger partial charge on any atom is -0.486 e. The Morgan fingerprint density at radius 1 is 1.20 bits per heavy atom. The molecule has 1 spiro atoms. The third-order valence-corrected chi connectivity index (χ3v) is 5.73. The van der Waals surface area contributed by atoms with Crippen LogP contribution in [0.1, 0.15) is 40.7 Å². The first kappa shape index (κ1) is 19.8. The van der Waals surface area contributed by atoms with E-state index in [0.717, 1.165) is 5.56 Å². The van der Waals surface area contributed by atoms with E-state index in [2.05, 4.69) is 0 Å². The summed E-state index contributed by atoms with van der Waals surface area (Å²) < 4.78 is 6.24. The Kier molecular flexibility index (Phi) is 5.11. The van der Waals surface area contributed by atoms with Crippen LogP contribution >= 0.6 is 0 Å². The first-order valence-corrected chi connectivity index (χ1v) is 9.90. The summed E-state index contributed by atoms with van der Waals surface area (Å²) in [6, 6.07) is 11.8. The minimum absolute atomic E-state index is 0.0147. The summed E-state index contributed by atoms with van der Waals surface area (Å²) in [6.07, 6.45) is 4.51. The van der Waals surface area contributed by atoms with E-state index in [0.29, 0.717) is 49.2 Å². The Morgan fingerprint density at radius 3 is 2.70 bits per heavy atom. The molecule has 2 aliphatic rings. The first-order valence-electron chi connectivity index (χ1n) is 9.90. The largest absolute Gasteiger partial charge is 0.486 e. The van der Waals surface area contributed by atoms with Crippen LogP contribution in [-0.2, 0) is 4.79 Å². The molecule has 2 aliphatic heterocycles. The van der Waals surface area contributed by atoms with Gasteiger partial charge in [-0.2, -0.15) is 0 Å². The van der Waals surface area contributed by atoms with Gasteiger partial charge in [-0.1, -0.05) is 23.8 Å². The molecule has 0 aromatic heterocycles. The van der Waals surface area contributed by atoms with Crippen molar-refractivity contribution in [1.29, 1.82) is 0 Å². The molecule has 2 aromatic rings. The normalized spacial score (nSPS) is 17.6. The van der Waals surface area contributed by atoms with Gasteiger partial charge in [0.25, 0.3) is 5.69 Å². The van der Waals surface area contributed by atoms with Crippen LogP contribution in [0.25, 0.3) is 6.08 Å². The maximum absolute atomic E-state index is 12.6. The van der Waals surface area contributed by atoms with Gasteiger partial charge in [-0.15, -0.1) is 0 Å².